The Balaban J connectivity index is 1.61. The molecule has 1 amide bonds. The fourth-order valence-electron chi connectivity index (χ4n) is 3.57. The minimum absolute atomic E-state index is 0.0762. The highest BCUT2D eigenvalue weighted by Gasteiger charge is 2.22. The standard InChI is InChI=1S/C26H25ClN4OS/c1-17-8-7-9-18(2)24(17)28-25(32)19(3)33-26-30-29-23(16-20-10-5-4-6-11-20)31(26)22-14-12-21(27)13-15-22/h4-15,19H,16H2,1-3H3,(H,28,32). The summed E-state index contributed by atoms with van der Waals surface area (Å²) in [4.78, 5) is 13.0. The summed E-state index contributed by atoms with van der Waals surface area (Å²) in [6.07, 6.45) is 0.625. The molecule has 1 heterocycles. The van der Waals surface area contributed by atoms with E-state index < -0.39 is 0 Å². The number of anilines is 1. The molecule has 4 rings (SSSR count). The highest BCUT2D eigenvalue weighted by Crippen LogP contribution is 2.29. The molecule has 0 bridgehead atoms. The van der Waals surface area contributed by atoms with E-state index in [1.54, 1.807) is 0 Å². The summed E-state index contributed by atoms with van der Waals surface area (Å²) in [6, 6.07) is 23.7. The maximum Gasteiger partial charge on any atom is 0.237 e. The molecule has 3 aromatic carbocycles. The van der Waals surface area contributed by atoms with Crippen molar-refractivity contribution in [3.8, 4) is 5.69 Å². The van der Waals surface area contributed by atoms with Gasteiger partial charge in [0.05, 0.1) is 5.25 Å². The lowest BCUT2D eigenvalue weighted by Gasteiger charge is -2.16. The van der Waals surface area contributed by atoms with E-state index in [9.17, 15) is 4.79 Å². The number of thioether (sulfide) groups is 1. The van der Waals surface area contributed by atoms with Gasteiger partial charge in [-0.2, -0.15) is 0 Å². The summed E-state index contributed by atoms with van der Waals surface area (Å²) in [7, 11) is 0. The second-order valence-electron chi connectivity index (χ2n) is 7.89. The molecule has 0 fully saturated rings. The average Bonchev–Trinajstić information content (AvgIpc) is 3.19. The Hall–Kier alpha value is -3.09. The van der Waals surface area contributed by atoms with Gasteiger partial charge in [-0.05, 0) is 61.7 Å². The Morgan fingerprint density at radius 2 is 1.64 bits per heavy atom. The summed E-state index contributed by atoms with van der Waals surface area (Å²) in [5, 5.41) is 12.9. The number of rotatable bonds is 7. The SMILES string of the molecule is Cc1cccc(C)c1NC(=O)C(C)Sc1nnc(Cc2ccccc2)n1-c1ccc(Cl)cc1. The van der Waals surface area contributed by atoms with Gasteiger partial charge in [0.2, 0.25) is 5.91 Å². The first-order chi connectivity index (χ1) is 15.9. The first kappa shape index (κ1) is 23.1. The molecule has 0 radical (unpaired) electrons. The van der Waals surface area contributed by atoms with E-state index in [1.165, 1.54) is 11.8 Å². The van der Waals surface area contributed by atoms with Crippen molar-refractivity contribution in [2.24, 2.45) is 0 Å². The van der Waals surface area contributed by atoms with Gasteiger partial charge >= 0.3 is 0 Å². The number of nitrogens with zero attached hydrogens (tertiary/aromatic N) is 3. The molecule has 1 unspecified atom stereocenters. The fraction of sp³-hybridized carbons (Fsp3) is 0.192. The Bertz CT molecular complexity index is 1240. The molecule has 1 atom stereocenters. The molecule has 0 saturated carbocycles. The molecule has 0 saturated heterocycles. The Labute approximate surface area is 203 Å². The van der Waals surface area contributed by atoms with Crippen molar-refractivity contribution >= 4 is 35.0 Å². The Morgan fingerprint density at radius 3 is 2.30 bits per heavy atom. The van der Waals surface area contributed by atoms with Gasteiger partial charge in [-0.1, -0.05) is 71.9 Å². The third-order valence-electron chi connectivity index (χ3n) is 5.37. The number of nitrogens with one attached hydrogen (secondary N) is 1. The quantitative estimate of drug-likeness (QED) is 0.320. The number of aromatic nitrogens is 3. The van der Waals surface area contributed by atoms with Gasteiger partial charge in [0.15, 0.2) is 5.16 Å². The van der Waals surface area contributed by atoms with Crippen molar-refractivity contribution in [3.05, 3.63) is 100 Å². The fourth-order valence-corrected chi connectivity index (χ4v) is 4.58. The van der Waals surface area contributed by atoms with Gasteiger partial charge in [-0.25, -0.2) is 0 Å². The predicted octanol–water partition coefficient (Wildman–Crippen LogP) is 6.25. The minimum Gasteiger partial charge on any atom is -0.325 e. The van der Waals surface area contributed by atoms with Crippen LogP contribution in [-0.2, 0) is 11.2 Å². The zero-order valence-corrected chi connectivity index (χ0v) is 20.3. The van der Waals surface area contributed by atoms with Crippen LogP contribution in [0.4, 0.5) is 5.69 Å². The molecule has 7 heteroatoms. The summed E-state index contributed by atoms with van der Waals surface area (Å²) < 4.78 is 2.00. The molecule has 0 spiro atoms. The highest BCUT2D eigenvalue weighted by molar-refractivity contribution is 8.00. The monoisotopic (exact) mass is 476 g/mol. The molecular weight excluding hydrogens is 452 g/mol. The number of halogens is 1. The first-order valence-corrected chi connectivity index (χ1v) is 12.0. The Kier molecular flexibility index (Phi) is 7.16. The van der Waals surface area contributed by atoms with Crippen molar-refractivity contribution in [1.82, 2.24) is 14.8 Å². The molecule has 0 aliphatic heterocycles. The molecular formula is C26H25ClN4OS. The van der Waals surface area contributed by atoms with Gasteiger partial charge in [-0.3, -0.25) is 9.36 Å². The summed E-state index contributed by atoms with van der Waals surface area (Å²) in [5.41, 5.74) is 4.97. The Morgan fingerprint density at radius 1 is 0.970 bits per heavy atom. The third kappa shape index (κ3) is 5.46. The number of hydrogen-bond acceptors (Lipinski definition) is 4. The second-order valence-corrected chi connectivity index (χ2v) is 9.63. The lowest BCUT2D eigenvalue weighted by Crippen LogP contribution is -2.24. The van der Waals surface area contributed by atoms with Crippen LogP contribution >= 0.6 is 23.4 Å². The summed E-state index contributed by atoms with van der Waals surface area (Å²) in [5.74, 6) is 0.723. The topological polar surface area (TPSA) is 59.8 Å². The van der Waals surface area contributed by atoms with Crippen LogP contribution in [0.2, 0.25) is 5.02 Å². The van der Waals surface area contributed by atoms with Crippen LogP contribution in [0.25, 0.3) is 5.69 Å². The van der Waals surface area contributed by atoms with Gasteiger partial charge in [0, 0.05) is 22.8 Å². The lowest BCUT2D eigenvalue weighted by atomic mass is 10.1. The summed E-state index contributed by atoms with van der Waals surface area (Å²) >= 11 is 7.50. The lowest BCUT2D eigenvalue weighted by molar-refractivity contribution is -0.115. The van der Waals surface area contributed by atoms with Crippen LogP contribution in [0.1, 0.15) is 29.4 Å². The smallest absolute Gasteiger partial charge is 0.237 e. The van der Waals surface area contributed by atoms with Gasteiger partial charge in [-0.15, -0.1) is 10.2 Å². The van der Waals surface area contributed by atoms with Gasteiger partial charge in [0.1, 0.15) is 5.82 Å². The minimum atomic E-state index is -0.371. The van der Waals surface area contributed by atoms with E-state index in [-0.39, 0.29) is 11.2 Å². The van der Waals surface area contributed by atoms with E-state index in [2.05, 4.69) is 27.6 Å². The average molecular weight is 477 g/mol. The molecule has 0 aliphatic carbocycles. The molecule has 0 aliphatic rings. The van der Waals surface area contributed by atoms with Crippen molar-refractivity contribution in [1.29, 1.82) is 0 Å². The van der Waals surface area contributed by atoms with Gasteiger partial charge in [0.25, 0.3) is 0 Å². The van der Waals surface area contributed by atoms with E-state index in [1.807, 2.05) is 86.0 Å². The van der Waals surface area contributed by atoms with Crippen LogP contribution < -0.4 is 5.32 Å². The van der Waals surface area contributed by atoms with Crippen LogP contribution in [0, 0.1) is 13.8 Å². The molecule has 5 nitrogen and oxygen atoms in total. The number of benzene rings is 3. The molecule has 4 aromatic rings. The van der Waals surface area contributed by atoms with E-state index in [4.69, 9.17) is 11.6 Å². The number of carbonyl (C=O) groups is 1. The number of amides is 1. The zero-order chi connectivity index (χ0) is 23.4. The van der Waals surface area contributed by atoms with Crippen molar-refractivity contribution in [3.63, 3.8) is 0 Å². The van der Waals surface area contributed by atoms with E-state index in [0.29, 0.717) is 16.6 Å². The number of para-hydroxylation sites is 1. The van der Waals surface area contributed by atoms with E-state index in [0.717, 1.165) is 33.9 Å². The summed E-state index contributed by atoms with van der Waals surface area (Å²) in [6.45, 7) is 5.87. The third-order valence-corrected chi connectivity index (χ3v) is 6.67. The molecule has 1 N–H and O–H groups in total. The largest absolute Gasteiger partial charge is 0.325 e. The maximum atomic E-state index is 13.0. The molecule has 168 valence electrons. The van der Waals surface area contributed by atoms with Crippen LogP contribution in [-0.4, -0.2) is 25.9 Å². The van der Waals surface area contributed by atoms with Crippen LogP contribution in [0.15, 0.2) is 78.0 Å². The number of hydrogen-bond donors (Lipinski definition) is 1. The molecule has 1 aromatic heterocycles. The predicted molar refractivity (Wildman–Crippen MR) is 135 cm³/mol. The van der Waals surface area contributed by atoms with Gasteiger partial charge < -0.3 is 5.32 Å². The number of aryl methyl sites for hydroxylation is 2. The van der Waals surface area contributed by atoms with Crippen molar-refractivity contribution in [2.45, 2.75) is 37.6 Å². The van der Waals surface area contributed by atoms with Crippen LogP contribution in [0.3, 0.4) is 0 Å². The second kappa shape index (κ2) is 10.2. The first-order valence-electron chi connectivity index (χ1n) is 10.7. The van der Waals surface area contributed by atoms with Crippen LogP contribution in [0.5, 0.6) is 0 Å². The number of carbonyl (C=O) groups excluding carboxylic acids is 1. The van der Waals surface area contributed by atoms with Crippen molar-refractivity contribution < 1.29 is 4.79 Å². The van der Waals surface area contributed by atoms with Crippen molar-refractivity contribution in [2.75, 3.05) is 5.32 Å². The molecule has 33 heavy (non-hydrogen) atoms. The zero-order valence-electron chi connectivity index (χ0n) is 18.7. The van der Waals surface area contributed by atoms with E-state index >= 15 is 0 Å². The maximum absolute atomic E-state index is 13.0. The normalized spacial score (nSPS) is 11.9. The highest BCUT2D eigenvalue weighted by atomic mass is 35.5.